The van der Waals surface area contributed by atoms with E-state index in [9.17, 15) is 9.90 Å². The van der Waals surface area contributed by atoms with E-state index < -0.39 is 6.10 Å². The Hall–Kier alpha value is -1.55. The standard InChI is InChI=1S/C28H45NO7/c1-18(8-11-23(30)26-28(16-34-28)15-27(5,6)36-26)9-12-24-19(2)14-22(21(4)35-24)29-25(31)13-10-20(3)33-17-32-7/h8-11,13,19-24,26,30H,12,14-17H2,1-7H3,(H,29,31)/b11-8+,13-10-,18-9+/t19-,20-,21+,22+,23+,24-,26+,28+/m0/s1. The zero-order valence-corrected chi connectivity index (χ0v) is 22.9. The fraction of sp³-hybridized carbons (Fsp3) is 0.750. The van der Waals surface area contributed by atoms with Crippen LogP contribution in [0.2, 0.25) is 0 Å². The van der Waals surface area contributed by atoms with Crippen molar-refractivity contribution < 1.29 is 33.6 Å². The van der Waals surface area contributed by atoms with E-state index in [4.69, 9.17) is 23.7 Å². The second kappa shape index (κ2) is 12.3. The van der Waals surface area contributed by atoms with Gasteiger partial charge in [0.25, 0.3) is 0 Å². The number of epoxide rings is 1. The number of hydrogen-bond acceptors (Lipinski definition) is 7. The fourth-order valence-electron chi connectivity index (χ4n) is 5.17. The van der Waals surface area contributed by atoms with E-state index in [1.165, 1.54) is 6.08 Å². The highest BCUT2D eigenvalue weighted by Crippen LogP contribution is 2.49. The largest absolute Gasteiger partial charge is 0.386 e. The van der Waals surface area contributed by atoms with Gasteiger partial charge in [-0.2, -0.15) is 0 Å². The molecule has 0 aromatic rings. The van der Waals surface area contributed by atoms with E-state index in [1.54, 1.807) is 19.3 Å². The van der Waals surface area contributed by atoms with E-state index in [0.717, 1.165) is 24.8 Å². The van der Waals surface area contributed by atoms with Gasteiger partial charge in [0, 0.05) is 19.6 Å². The maximum atomic E-state index is 12.3. The van der Waals surface area contributed by atoms with Gasteiger partial charge in [0.1, 0.15) is 24.6 Å². The van der Waals surface area contributed by atoms with E-state index in [2.05, 4.69) is 18.3 Å². The SMILES string of the molecule is COCO[C@@H](C)/C=C\C(=O)N[C@@H]1C[C@H](C)[C@H](C/C=C(C)/C=C/[C@@H](O)[C@H]2OC(C)(C)C[C@@]23CO3)O[C@@H]1C. The lowest BCUT2D eigenvalue weighted by Crippen LogP contribution is -2.50. The number of hydrogen-bond donors (Lipinski definition) is 2. The number of carbonyl (C=O) groups excluding carboxylic acids is 1. The highest BCUT2D eigenvalue weighted by atomic mass is 16.7. The molecule has 0 aromatic heterocycles. The molecule has 0 aromatic carbocycles. The summed E-state index contributed by atoms with van der Waals surface area (Å²) >= 11 is 0. The van der Waals surface area contributed by atoms with E-state index in [1.807, 2.05) is 40.7 Å². The molecular weight excluding hydrogens is 462 g/mol. The molecule has 0 radical (unpaired) electrons. The average molecular weight is 508 g/mol. The van der Waals surface area contributed by atoms with Crippen LogP contribution in [0.1, 0.15) is 60.8 Å². The van der Waals surface area contributed by atoms with Crippen LogP contribution in [0, 0.1) is 5.92 Å². The van der Waals surface area contributed by atoms with Crippen molar-refractivity contribution in [1.82, 2.24) is 5.32 Å². The third-order valence-corrected chi connectivity index (χ3v) is 7.25. The summed E-state index contributed by atoms with van der Waals surface area (Å²) in [6.07, 6.45) is 10.3. The zero-order valence-electron chi connectivity index (χ0n) is 22.9. The van der Waals surface area contributed by atoms with Crippen LogP contribution in [-0.4, -0.2) is 79.3 Å². The van der Waals surface area contributed by atoms with Gasteiger partial charge < -0.3 is 34.1 Å². The number of amides is 1. The number of carbonyl (C=O) groups is 1. The van der Waals surface area contributed by atoms with Gasteiger partial charge >= 0.3 is 0 Å². The highest BCUT2D eigenvalue weighted by molar-refractivity contribution is 5.87. The van der Waals surface area contributed by atoms with Crippen LogP contribution in [0.4, 0.5) is 0 Å². The monoisotopic (exact) mass is 507 g/mol. The number of rotatable bonds is 11. The maximum Gasteiger partial charge on any atom is 0.244 e. The quantitative estimate of drug-likeness (QED) is 0.191. The van der Waals surface area contributed by atoms with Crippen molar-refractivity contribution in [2.45, 2.75) is 109 Å². The summed E-state index contributed by atoms with van der Waals surface area (Å²) in [5.74, 6) is 0.139. The minimum Gasteiger partial charge on any atom is -0.386 e. The molecule has 3 aliphatic rings. The van der Waals surface area contributed by atoms with Crippen LogP contribution in [0.5, 0.6) is 0 Å². The van der Waals surface area contributed by atoms with Crippen LogP contribution in [-0.2, 0) is 28.5 Å². The van der Waals surface area contributed by atoms with Gasteiger partial charge in [-0.25, -0.2) is 0 Å². The number of nitrogens with one attached hydrogen (secondary N) is 1. The van der Waals surface area contributed by atoms with Crippen LogP contribution in [0.15, 0.2) is 36.0 Å². The lowest BCUT2D eigenvalue weighted by atomic mass is 9.88. The van der Waals surface area contributed by atoms with E-state index >= 15 is 0 Å². The molecule has 36 heavy (non-hydrogen) atoms. The maximum absolute atomic E-state index is 12.3. The Balaban J connectivity index is 1.45. The van der Waals surface area contributed by atoms with Crippen molar-refractivity contribution in [3.63, 3.8) is 0 Å². The van der Waals surface area contributed by atoms with Crippen molar-refractivity contribution in [2.24, 2.45) is 5.92 Å². The van der Waals surface area contributed by atoms with Crippen molar-refractivity contribution in [3.05, 3.63) is 36.0 Å². The van der Waals surface area contributed by atoms with Crippen LogP contribution in [0.25, 0.3) is 0 Å². The summed E-state index contributed by atoms with van der Waals surface area (Å²) in [5.41, 5.74) is 0.451. The molecule has 0 bridgehead atoms. The molecular formula is C28H45NO7. The summed E-state index contributed by atoms with van der Waals surface area (Å²) in [6.45, 7) is 13.0. The number of ether oxygens (including phenoxy) is 5. The minimum absolute atomic E-state index is 0.0451. The second-order valence-electron chi connectivity index (χ2n) is 11.2. The zero-order chi connectivity index (χ0) is 26.5. The van der Waals surface area contributed by atoms with Gasteiger partial charge in [0.05, 0.1) is 36.6 Å². The molecule has 3 rings (SSSR count). The summed E-state index contributed by atoms with van der Waals surface area (Å²) in [7, 11) is 1.56. The Kier molecular flexibility index (Phi) is 9.94. The Labute approximate surface area is 216 Å². The fourth-order valence-corrected chi connectivity index (χ4v) is 5.17. The first-order chi connectivity index (χ1) is 16.9. The second-order valence-corrected chi connectivity index (χ2v) is 11.2. The van der Waals surface area contributed by atoms with E-state index in [0.29, 0.717) is 12.5 Å². The molecule has 3 saturated heterocycles. The van der Waals surface area contributed by atoms with E-state index in [-0.39, 0.29) is 54.4 Å². The number of allylic oxidation sites excluding steroid dienone is 2. The summed E-state index contributed by atoms with van der Waals surface area (Å²) in [6, 6.07) is -0.0451. The molecule has 8 nitrogen and oxygen atoms in total. The number of aliphatic hydroxyl groups excluding tert-OH is 1. The molecule has 204 valence electrons. The van der Waals surface area contributed by atoms with Crippen LogP contribution >= 0.6 is 0 Å². The van der Waals surface area contributed by atoms with Crippen molar-refractivity contribution >= 4 is 5.91 Å². The van der Waals surface area contributed by atoms with Gasteiger partial charge in [-0.3, -0.25) is 4.79 Å². The lowest BCUT2D eigenvalue weighted by Gasteiger charge is -2.39. The lowest BCUT2D eigenvalue weighted by molar-refractivity contribution is -0.123. The predicted octanol–water partition coefficient (Wildman–Crippen LogP) is 3.44. The molecule has 8 heteroatoms. The minimum atomic E-state index is -0.713. The van der Waals surface area contributed by atoms with Crippen LogP contribution in [0.3, 0.4) is 0 Å². The molecule has 8 atom stereocenters. The molecule has 3 fully saturated rings. The Morgan fingerprint density at radius 1 is 1.25 bits per heavy atom. The van der Waals surface area contributed by atoms with Gasteiger partial charge in [-0.15, -0.1) is 0 Å². The third kappa shape index (κ3) is 7.97. The topological polar surface area (TPSA) is 98.8 Å². The predicted molar refractivity (Wildman–Crippen MR) is 137 cm³/mol. The summed E-state index contributed by atoms with van der Waals surface area (Å²) in [4.78, 5) is 12.3. The summed E-state index contributed by atoms with van der Waals surface area (Å²) in [5, 5.41) is 13.8. The smallest absolute Gasteiger partial charge is 0.244 e. The van der Waals surface area contributed by atoms with Crippen LogP contribution < -0.4 is 5.32 Å². The third-order valence-electron chi connectivity index (χ3n) is 7.25. The van der Waals surface area contributed by atoms with Gasteiger partial charge in [0.15, 0.2) is 0 Å². The molecule has 3 heterocycles. The van der Waals surface area contributed by atoms with Gasteiger partial charge in [0.2, 0.25) is 5.91 Å². The Bertz CT molecular complexity index is 832. The molecule has 3 aliphatic heterocycles. The van der Waals surface area contributed by atoms with Gasteiger partial charge in [-0.1, -0.05) is 36.8 Å². The Morgan fingerprint density at radius 3 is 2.64 bits per heavy atom. The van der Waals surface area contributed by atoms with Crippen molar-refractivity contribution in [2.75, 3.05) is 20.5 Å². The molecule has 0 unspecified atom stereocenters. The van der Waals surface area contributed by atoms with Crippen molar-refractivity contribution in [1.29, 1.82) is 0 Å². The first-order valence-corrected chi connectivity index (χ1v) is 13.0. The molecule has 1 spiro atoms. The molecule has 0 aliphatic carbocycles. The highest BCUT2D eigenvalue weighted by Gasteiger charge is 2.63. The molecule has 1 amide bonds. The van der Waals surface area contributed by atoms with Crippen molar-refractivity contribution in [3.8, 4) is 0 Å². The number of methoxy groups -OCH3 is 1. The molecule has 2 N–H and O–H groups in total. The first kappa shape index (κ1) is 29.0. The number of aliphatic hydroxyl groups is 1. The Morgan fingerprint density at radius 2 is 1.97 bits per heavy atom. The average Bonchev–Trinajstić information content (AvgIpc) is 3.52. The van der Waals surface area contributed by atoms with Gasteiger partial charge in [-0.05, 0) is 53.4 Å². The first-order valence-electron chi connectivity index (χ1n) is 13.0. The molecule has 0 saturated carbocycles. The summed E-state index contributed by atoms with van der Waals surface area (Å²) < 4.78 is 28.2. The normalized spacial score (nSPS) is 36.0.